The number of ether oxygens (including phenoxy) is 1. The molecule has 0 aromatic heterocycles. The third-order valence-electron chi connectivity index (χ3n) is 5.06. The van der Waals surface area contributed by atoms with Gasteiger partial charge in [-0.05, 0) is 42.5 Å². The molecule has 1 N–H and O–H groups in total. The maximum atomic E-state index is 12.9. The summed E-state index contributed by atoms with van der Waals surface area (Å²) in [7, 11) is -2.26. The summed E-state index contributed by atoms with van der Waals surface area (Å²) in [4.78, 5) is 25.1. The minimum absolute atomic E-state index is 0.129. The van der Waals surface area contributed by atoms with Crippen LogP contribution in [0, 0.1) is 0 Å². The van der Waals surface area contributed by atoms with E-state index in [0.29, 0.717) is 31.1 Å². The van der Waals surface area contributed by atoms with E-state index in [0.717, 1.165) is 24.8 Å². The van der Waals surface area contributed by atoms with Crippen LogP contribution in [0.15, 0.2) is 23.1 Å². The normalized spacial score (nSPS) is 18.1. The van der Waals surface area contributed by atoms with Gasteiger partial charge in [-0.1, -0.05) is 6.07 Å². The number of piperazine rings is 1. The first-order chi connectivity index (χ1) is 12.9. The molecule has 3 rings (SSSR count). The first-order valence-corrected chi connectivity index (χ1v) is 10.5. The molecule has 1 amide bonds. The molecule has 148 valence electrons. The van der Waals surface area contributed by atoms with Crippen LogP contribution in [0.5, 0.6) is 0 Å². The van der Waals surface area contributed by atoms with Crippen molar-refractivity contribution >= 4 is 21.9 Å². The van der Waals surface area contributed by atoms with Crippen LogP contribution in [0.25, 0.3) is 0 Å². The fourth-order valence-corrected chi connectivity index (χ4v) is 4.96. The molecule has 0 atom stereocenters. The number of carbonyl (C=O) groups excluding carboxylic acids is 2. The van der Waals surface area contributed by atoms with E-state index in [9.17, 15) is 18.0 Å². The van der Waals surface area contributed by atoms with Gasteiger partial charge in [0, 0.05) is 26.2 Å². The Balaban J connectivity index is 1.54. The van der Waals surface area contributed by atoms with E-state index in [-0.39, 0.29) is 19.0 Å². The lowest BCUT2D eigenvalue weighted by molar-refractivity contribution is -0.141. The highest BCUT2D eigenvalue weighted by atomic mass is 32.2. The molecule has 1 fully saturated rings. The van der Waals surface area contributed by atoms with Gasteiger partial charge in [-0.15, -0.1) is 0 Å². The number of nitrogens with zero attached hydrogens (tertiary/aromatic N) is 2. The number of benzene rings is 1. The van der Waals surface area contributed by atoms with Gasteiger partial charge < -0.3 is 10.1 Å². The molecule has 9 heteroatoms. The van der Waals surface area contributed by atoms with Crippen LogP contribution in [0.3, 0.4) is 0 Å². The van der Waals surface area contributed by atoms with E-state index in [1.165, 1.54) is 17.0 Å². The second kappa shape index (κ2) is 8.37. The van der Waals surface area contributed by atoms with Crippen molar-refractivity contribution in [1.82, 2.24) is 14.5 Å². The molecule has 1 aliphatic heterocycles. The lowest BCUT2D eigenvalue weighted by Gasteiger charge is -2.33. The van der Waals surface area contributed by atoms with Gasteiger partial charge in [0.25, 0.3) is 0 Å². The molecule has 0 bridgehead atoms. The number of aryl methyl sites for hydroxylation is 2. The zero-order chi connectivity index (χ0) is 19.4. The zero-order valence-corrected chi connectivity index (χ0v) is 16.3. The molecular weight excluding hydrogens is 370 g/mol. The van der Waals surface area contributed by atoms with Crippen molar-refractivity contribution in [3.05, 3.63) is 29.3 Å². The Hall–Kier alpha value is -1.97. The summed E-state index contributed by atoms with van der Waals surface area (Å²) in [6, 6.07) is 5.44. The Bertz CT molecular complexity index is 816. The Morgan fingerprint density at radius 3 is 2.52 bits per heavy atom. The smallest absolute Gasteiger partial charge is 0.325 e. The van der Waals surface area contributed by atoms with Gasteiger partial charge in [0.2, 0.25) is 15.9 Å². The molecule has 1 saturated heterocycles. The van der Waals surface area contributed by atoms with Gasteiger partial charge in [0.1, 0.15) is 6.54 Å². The number of hydrogen-bond acceptors (Lipinski definition) is 6. The number of methoxy groups -OCH3 is 1. The van der Waals surface area contributed by atoms with Crippen LogP contribution in [0.2, 0.25) is 0 Å². The lowest BCUT2D eigenvalue weighted by Crippen LogP contribution is -2.51. The number of esters is 1. The Morgan fingerprint density at radius 1 is 1.11 bits per heavy atom. The molecule has 1 aliphatic carbocycles. The van der Waals surface area contributed by atoms with Crippen molar-refractivity contribution in [2.75, 3.05) is 46.4 Å². The molecule has 1 aromatic carbocycles. The molecule has 2 aliphatic rings. The summed E-state index contributed by atoms with van der Waals surface area (Å²) in [5, 5.41) is 2.48. The summed E-state index contributed by atoms with van der Waals surface area (Å²) in [6.45, 7) is 1.57. The van der Waals surface area contributed by atoms with E-state index < -0.39 is 16.0 Å². The highest BCUT2D eigenvalue weighted by Gasteiger charge is 2.29. The van der Waals surface area contributed by atoms with Crippen LogP contribution < -0.4 is 5.32 Å². The van der Waals surface area contributed by atoms with Gasteiger partial charge in [-0.25, -0.2) is 8.42 Å². The predicted molar refractivity (Wildman–Crippen MR) is 98.7 cm³/mol. The van der Waals surface area contributed by atoms with Crippen LogP contribution in [-0.2, 0) is 37.2 Å². The second-order valence-corrected chi connectivity index (χ2v) is 8.76. The van der Waals surface area contributed by atoms with E-state index in [2.05, 4.69) is 10.1 Å². The number of hydrogen-bond donors (Lipinski definition) is 1. The van der Waals surface area contributed by atoms with E-state index in [1.807, 2.05) is 17.0 Å². The van der Waals surface area contributed by atoms with Crippen molar-refractivity contribution in [2.45, 2.75) is 24.2 Å². The monoisotopic (exact) mass is 395 g/mol. The first-order valence-electron chi connectivity index (χ1n) is 9.08. The maximum Gasteiger partial charge on any atom is 0.325 e. The molecule has 0 spiro atoms. The average Bonchev–Trinajstić information content (AvgIpc) is 3.14. The summed E-state index contributed by atoms with van der Waals surface area (Å²) in [5.74, 6) is -0.788. The van der Waals surface area contributed by atoms with Crippen molar-refractivity contribution in [2.24, 2.45) is 0 Å². The van der Waals surface area contributed by atoms with E-state index >= 15 is 0 Å². The SMILES string of the molecule is COC(=O)CNC(=O)CN1CCN(S(=O)(=O)c2ccc3c(c2)CCC3)CC1. The number of carbonyl (C=O) groups is 2. The summed E-state index contributed by atoms with van der Waals surface area (Å²) >= 11 is 0. The Kier molecular flexibility index (Phi) is 6.13. The van der Waals surface area contributed by atoms with Crippen LogP contribution >= 0.6 is 0 Å². The molecule has 27 heavy (non-hydrogen) atoms. The fraction of sp³-hybridized carbons (Fsp3) is 0.556. The maximum absolute atomic E-state index is 12.9. The van der Waals surface area contributed by atoms with Gasteiger partial charge in [0.05, 0.1) is 18.6 Å². The Morgan fingerprint density at radius 2 is 1.81 bits per heavy atom. The molecule has 8 nitrogen and oxygen atoms in total. The minimum atomic E-state index is -3.52. The Labute approximate surface area is 159 Å². The van der Waals surface area contributed by atoms with Crippen LogP contribution in [0.4, 0.5) is 0 Å². The van der Waals surface area contributed by atoms with Gasteiger partial charge in [-0.3, -0.25) is 14.5 Å². The largest absolute Gasteiger partial charge is 0.468 e. The molecule has 0 radical (unpaired) electrons. The third-order valence-corrected chi connectivity index (χ3v) is 6.96. The van der Waals surface area contributed by atoms with Crippen molar-refractivity contribution in [3.63, 3.8) is 0 Å². The third kappa shape index (κ3) is 4.66. The van der Waals surface area contributed by atoms with Crippen LogP contribution in [-0.4, -0.2) is 75.9 Å². The highest BCUT2D eigenvalue weighted by molar-refractivity contribution is 7.89. The topological polar surface area (TPSA) is 96.0 Å². The summed E-state index contributed by atoms with van der Waals surface area (Å²) < 4.78 is 31.8. The number of nitrogens with one attached hydrogen (secondary N) is 1. The number of rotatable bonds is 6. The van der Waals surface area contributed by atoms with Gasteiger partial charge >= 0.3 is 5.97 Å². The average molecular weight is 395 g/mol. The number of amides is 1. The number of sulfonamides is 1. The minimum Gasteiger partial charge on any atom is -0.468 e. The van der Waals surface area contributed by atoms with Gasteiger partial charge in [-0.2, -0.15) is 4.31 Å². The zero-order valence-electron chi connectivity index (χ0n) is 15.4. The quantitative estimate of drug-likeness (QED) is 0.669. The molecule has 1 aromatic rings. The van der Waals surface area contributed by atoms with E-state index in [1.54, 1.807) is 6.07 Å². The standard InChI is InChI=1S/C18H25N3O5S/c1-26-18(23)12-19-17(22)13-20-7-9-21(10-8-20)27(24,25)16-6-5-14-3-2-4-15(14)11-16/h5-6,11H,2-4,7-10,12-13H2,1H3,(H,19,22). The molecule has 1 heterocycles. The highest BCUT2D eigenvalue weighted by Crippen LogP contribution is 2.26. The molecule has 0 unspecified atom stereocenters. The van der Waals surface area contributed by atoms with Crippen LogP contribution in [0.1, 0.15) is 17.5 Å². The second-order valence-electron chi connectivity index (χ2n) is 6.82. The van der Waals surface area contributed by atoms with Crippen molar-refractivity contribution in [3.8, 4) is 0 Å². The van der Waals surface area contributed by atoms with Gasteiger partial charge in [0.15, 0.2) is 0 Å². The lowest BCUT2D eigenvalue weighted by atomic mass is 10.1. The molecular formula is C18H25N3O5S. The number of fused-ring (bicyclic) bond motifs is 1. The molecule has 0 saturated carbocycles. The summed E-state index contributed by atoms with van der Waals surface area (Å²) in [5.41, 5.74) is 2.38. The first kappa shape index (κ1) is 19.8. The predicted octanol–water partition coefficient (Wildman–Crippen LogP) is -0.229. The van der Waals surface area contributed by atoms with Crippen molar-refractivity contribution in [1.29, 1.82) is 0 Å². The summed E-state index contributed by atoms with van der Waals surface area (Å²) in [6.07, 6.45) is 3.04. The fourth-order valence-electron chi connectivity index (χ4n) is 3.49. The van der Waals surface area contributed by atoms with E-state index in [4.69, 9.17) is 0 Å². The van der Waals surface area contributed by atoms with Crippen molar-refractivity contribution < 1.29 is 22.7 Å².